The van der Waals surface area contributed by atoms with Crippen molar-refractivity contribution < 1.29 is 13.5 Å². The Morgan fingerprint density at radius 1 is 1.22 bits per heavy atom. The van der Waals surface area contributed by atoms with Gasteiger partial charge in [-0.1, -0.05) is 23.7 Å². The fourth-order valence-corrected chi connectivity index (χ4v) is 3.26. The molecule has 0 aliphatic carbocycles. The van der Waals surface area contributed by atoms with Gasteiger partial charge in [-0.15, -0.1) is 0 Å². The standard InChI is InChI=1S/C12H18ClNO3S/c1-14(9-5-2-6-10-15)18(16,17)12-8-4-3-7-11(12)13/h3-4,7-8,15H,2,5-6,9-10H2,1H3. The maximum atomic E-state index is 12.2. The Kier molecular flexibility index (Phi) is 6.08. The molecule has 1 aromatic rings. The number of benzene rings is 1. The smallest absolute Gasteiger partial charge is 0.244 e. The number of sulfonamides is 1. The Bertz CT molecular complexity index is 476. The van der Waals surface area contributed by atoms with Crippen molar-refractivity contribution in [3.05, 3.63) is 29.3 Å². The summed E-state index contributed by atoms with van der Waals surface area (Å²) in [5.74, 6) is 0. The number of hydrogen-bond acceptors (Lipinski definition) is 3. The first-order valence-electron chi connectivity index (χ1n) is 5.82. The highest BCUT2D eigenvalue weighted by Crippen LogP contribution is 2.23. The van der Waals surface area contributed by atoms with Crippen molar-refractivity contribution in [1.29, 1.82) is 0 Å². The van der Waals surface area contributed by atoms with Gasteiger partial charge in [0.15, 0.2) is 0 Å². The third-order valence-corrected chi connectivity index (χ3v) is 5.01. The van der Waals surface area contributed by atoms with E-state index in [-0.39, 0.29) is 16.5 Å². The predicted octanol–water partition coefficient (Wildman–Crippen LogP) is 2.12. The van der Waals surface area contributed by atoms with Crippen LogP contribution in [0.15, 0.2) is 29.2 Å². The number of rotatable bonds is 7. The Hall–Kier alpha value is -0.620. The summed E-state index contributed by atoms with van der Waals surface area (Å²) in [6.45, 7) is 0.564. The third kappa shape index (κ3) is 3.95. The first kappa shape index (κ1) is 15.4. The molecule has 0 aliphatic heterocycles. The van der Waals surface area contributed by atoms with Gasteiger partial charge in [0.25, 0.3) is 0 Å². The molecule has 0 atom stereocenters. The largest absolute Gasteiger partial charge is 0.396 e. The van der Waals surface area contributed by atoms with Crippen molar-refractivity contribution in [3.8, 4) is 0 Å². The van der Waals surface area contributed by atoms with Crippen molar-refractivity contribution in [1.82, 2.24) is 4.31 Å². The molecule has 0 aliphatic rings. The molecule has 1 aromatic carbocycles. The topological polar surface area (TPSA) is 57.6 Å². The molecule has 0 spiro atoms. The summed E-state index contributed by atoms with van der Waals surface area (Å²) in [6.07, 6.45) is 2.22. The van der Waals surface area contributed by atoms with E-state index in [1.807, 2.05) is 0 Å². The van der Waals surface area contributed by atoms with Gasteiger partial charge in [0.2, 0.25) is 10.0 Å². The molecule has 0 amide bonds. The highest BCUT2D eigenvalue weighted by atomic mass is 35.5. The lowest BCUT2D eigenvalue weighted by molar-refractivity contribution is 0.281. The van der Waals surface area contributed by atoms with Crippen LogP contribution in [0.2, 0.25) is 5.02 Å². The van der Waals surface area contributed by atoms with E-state index in [4.69, 9.17) is 16.7 Å². The van der Waals surface area contributed by atoms with Gasteiger partial charge in [-0.25, -0.2) is 12.7 Å². The van der Waals surface area contributed by atoms with Crippen molar-refractivity contribution in [2.24, 2.45) is 0 Å². The van der Waals surface area contributed by atoms with Crippen LogP contribution in [0.4, 0.5) is 0 Å². The Balaban J connectivity index is 2.72. The molecular formula is C12H18ClNO3S. The van der Waals surface area contributed by atoms with Gasteiger partial charge in [0.1, 0.15) is 4.90 Å². The van der Waals surface area contributed by atoms with Crippen molar-refractivity contribution in [3.63, 3.8) is 0 Å². The van der Waals surface area contributed by atoms with Gasteiger partial charge in [-0.05, 0) is 31.4 Å². The summed E-state index contributed by atoms with van der Waals surface area (Å²) >= 11 is 5.90. The molecule has 0 heterocycles. The van der Waals surface area contributed by atoms with Crippen LogP contribution in [-0.4, -0.2) is 38.0 Å². The molecule has 0 aromatic heterocycles. The second-order valence-electron chi connectivity index (χ2n) is 4.04. The Morgan fingerprint density at radius 3 is 2.50 bits per heavy atom. The average molecular weight is 292 g/mol. The van der Waals surface area contributed by atoms with Crippen LogP contribution in [-0.2, 0) is 10.0 Å². The predicted molar refractivity (Wildman–Crippen MR) is 72.2 cm³/mol. The molecule has 0 fully saturated rings. The SMILES string of the molecule is CN(CCCCCO)S(=O)(=O)c1ccccc1Cl. The molecule has 0 saturated carbocycles. The van der Waals surface area contributed by atoms with Gasteiger partial charge in [0.05, 0.1) is 5.02 Å². The second kappa shape index (κ2) is 7.09. The number of aliphatic hydroxyl groups is 1. The van der Waals surface area contributed by atoms with Gasteiger partial charge in [-0.3, -0.25) is 0 Å². The van der Waals surface area contributed by atoms with E-state index in [9.17, 15) is 8.42 Å². The molecule has 0 saturated heterocycles. The summed E-state index contributed by atoms with van der Waals surface area (Å²) in [6, 6.07) is 6.41. The molecule has 18 heavy (non-hydrogen) atoms. The maximum Gasteiger partial charge on any atom is 0.244 e. The zero-order valence-electron chi connectivity index (χ0n) is 10.3. The van der Waals surface area contributed by atoms with E-state index in [2.05, 4.69) is 0 Å². The second-order valence-corrected chi connectivity index (χ2v) is 6.46. The first-order chi connectivity index (χ1) is 8.50. The van der Waals surface area contributed by atoms with E-state index in [0.717, 1.165) is 12.8 Å². The van der Waals surface area contributed by atoms with Gasteiger partial charge in [-0.2, -0.15) is 0 Å². The maximum absolute atomic E-state index is 12.2. The van der Waals surface area contributed by atoms with Crippen LogP contribution in [0.3, 0.4) is 0 Å². The molecular weight excluding hydrogens is 274 g/mol. The molecule has 0 unspecified atom stereocenters. The van der Waals surface area contributed by atoms with Gasteiger partial charge >= 0.3 is 0 Å². The minimum absolute atomic E-state index is 0.135. The van der Waals surface area contributed by atoms with Crippen molar-refractivity contribution in [2.75, 3.05) is 20.2 Å². The molecule has 4 nitrogen and oxygen atoms in total. The minimum Gasteiger partial charge on any atom is -0.396 e. The summed E-state index contributed by atoms with van der Waals surface area (Å²) < 4.78 is 25.7. The molecule has 0 bridgehead atoms. The summed E-state index contributed by atoms with van der Waals surface area (Å²) in [4.78, 5) is 0.135. The van der Waals surface area contributed by atoms with E-state index in [1.54, 1.807) is 18.2 Å². The van der Waals surface area contributed by atoms with Gasteiger partial charge in [0, 0.05) is 20.2 Å². The number of aliphatic hydroxyl groups excluding tert-OH is 1. The van der Waals surface area contributed by atoms with Gasteiger partial charge < -0.3 is 5.11 Å². The summed E-state index contributed by atoms with van der Waals surface area (Å²) in [7, 11) is -1.98. The van der Waals surface area contributed by atoms with Crippen molar-refractivity contribution >= 4 is 21.6 Å². The van der Waals surface area contributed by atoms with Crippen LogP contribution in [0.1, 0.15) is 19.3 Å². The van der Waals surface area contributed by atoms with Crippen LogP contribution >= 0.6 is 11.6 Å². The first-order valence-corrected chi connectivity index (χ1v) is 7.63. The molecule has 102 valence electrons. The Labute approximate surface area is 113 Å². The molecule has 1 rings (SSSR count). The normalized spacial score (nSPS) is 12.0. The highest BCUT2D eigenvalue weighted by molar-refractivity contribution is 7.89. The monoisotopic (exact) mass is 291 g/mol. The van der Waals surface area contributed by atoms with Crippen molar-refractivity contribution in [2.45, 2.75) is 24.2 Å². The zero-order chi connectivity index (χ0) is 13.6. The number of unbranched alkanes of at least 4 members (excludes halogenated alkanes) is 2. The summed E-state index contributed by atoms with van der Waals surface area (Å²) in [5, 5.41) is 8.89. The number of hydrogen-bond donors (Lipinski definition) is 1. The quantitative estimate of drug-likeness (QED) is 0.783. The van der Waals surface area contributed by atoms with Crippen LogP contribution in [0, 0.1) is 0 Å². The van der Waals surface area contributed by atoms with E-state index in [1.165, 1.54) is 17.4 Å². The lowest BCUT2D eigenvalue weighted by Gasteiger charge is -2.17. The fourth-order valence-electron chi connectivity index (χ4n) is 1.57. The highest BCUT2D eigenvalue weighted by Gasteiger charge is 2.22. The molecule has 6 heteroatoms. The lowest BCUT2D eigenvalue weighted by Crippen LogP contribution is -2.28. The minimum atomic E-state index is -3.52. The molecule has 0 radical (unpaired) electrons. The zero-order valence-corrected chi connectivity index (χ0v) is 11.9. The van der Waals surface area contributed by atoms with E-state index < -0.39 is 10.0 Å². The lowest BCUT2D eigenvalue weighted by atomic mass is 10.2. The molecule has 1 N–H and O–H groups in total. The third-order valence-electron chi connectivity index (χ3n) is 2.66. The van der Waals surface area contributed by atoms with Crippen LogP contribution < -0.4 is 0 Å². The number of nitrogens with zero attached hydrogens (tertiary/aromatic N) is 1. The average Bonchev–Trinajstić information content (AvgIpc) is 2.34. The Morgan fingerprint density at radius 2 is 1.89 bits per heavy atom. The fraction of sp³-hybridized carbons (Fsp3) is 0.500. The van der Waals surface area contributed by atoms with E-state index >= 15 is 0 Å². The van der Waals surface area contributed by atoms with E-state index in [0.29, 0.717) is 13.0 Å². The van der Waals surface area contributed by atoms with Crippen LogP contribution in [0.25, 0.3) is 0 Å². The van der Waals surface area contributed by atoms with Crippen LogP contribution in [0.5, 0.6) is 0 Å². The summed E-state index contributed by atoms with van der Waals surface area (Å²) in [5.41, 5.74) is 0. The number of halogens is 1.